The van der Waals surface area contributed by atoms with Gasteiger partial charge in [0.2, 0.25) is 0 Å². The first-order valence-corrected chi connectivity index (χ1v) is 10.8. The molecule has 0 atom stereocenters. The van der Waals surface area contributed by atoms with Crippen LogP contribution in [0.4, 0.5) is 5.69 Å². The zero-order valence-corrected chi connectivity index (χ0v) is 18.7. The van der Waals surface area contributed by atoms with Gasteiger partial charge in [-0.25, -0.2) is 0 Å². The number of benzene rings is 2. The lowest BCUT2D eigenvalue weighted by atomic mass is 9.97. The number of ether oxygens (including phenoxy) is 2. The fourth-order valence-corrected chi connectivity index (χ4v) is 4.17. The van der Waals surface area contributed by atoms with Crippen molar-refractivity contribution >= 4 is 11.6 Å². The highest BCUT2D eigenvalue weighted by atomic mass is 16.5. The number of hydrogen-bond acceptors (Lipinski definition) is 5. The van der Waals surface area contributed by atoms with Crippen molar-refractivity contribution in [2.45, 2.75) is 19.8 Å². The van der Waals surface area contributed by atoms with E-state index in [9.17, 15) is 9.90 Å². The van der Waals surface area contributed by atoms with Crippen molar-refractivity contribution in [3.8, 4) is 28.4 Å². The van der Waals surface area contributed by atoms with Crippen LogP contribution in [0.1, 0.15) is 35.8 Å². The minimum absolute atomic E-state index is 0.0755. The Bertz CT molecular complexity index is 1110. The summed E-state index contributed by atoms with van der Waals surface area (Å²) in [4.78, 5) is 14.5. The first-order chi connectivity index (χ1) is 15.4. The van der Waals surface area contributed by atoms with E-state index < -0.39 is 5.91 Å². The van der Waals surface area contributed by atoms with Gasteiger partial charge in [0.1, 0.15) is 17.2 Å². The molecule has 1 aromatic heterocycles. The van der Waals surface area contributed by atoms with Crippen molar-refractivity contribution in [3.05, 3.63) is 59.8 Å². The molecule has 1 saturated heterocycles. The van der Waals surface area contributed by atoms with Crippen LogP contribution >= 0.6 is 0 Å². The summed E-state index contributed by atoms with van der Waals surface area (Å²) in [7, 11) is 1.59. The van der Waals surface area contributed by atoms with E-state index in [0.29, 0.717) is 35.9 Å². The van der Waals surface area contributed by atoms with Crippen LogP contribution in [0.25, 0.3) is 16.9 Å². The fourth-order valence-electron chi connectivity index (χ4n) is 4.17. The highest BCUT2D eigenvalue weighted by Crippen LogP contribution is 2.40. The number of carbonyl (C=O) groups excluding carboxylic acids is 1. The normalized spacial score (nSPS) is 14.1. The average Bonchev–Trinajstić information content (AvgIpc) is 3.24. The molecular formula is C25H29N3O4. The molecule has 0 unspecified atom stereocenters. The standard InChI is InChI=1S/C25H29N3O4/c1-16(2)19-14-20(23(29)15-24(19)31-3)21-8-9-22(25(26)30)28(21)18-6-4-17(5-7-18)27-10-12-32-13-11-27/h4-9,14-16,29H,10-13H2,1-3H3,(H2,26,30). The average molecular weight is 436 g/mol. The number of aromatic nitrogens is 1. The SMILES string of the molecule is COc1cc(O)c(-c2ccc(C(N)=O)n2-c2ccc(N3CCOCC3)cc2)cc1C(C)C. The molecule has 0 aliphatic carbocycles. The van der Waals surface area contributed by atoms with E-state index in [1.54, 1.807) is 23.8 Å². The predicted octanol–water partition coefficient (Wildman–Crippen LogP) is 3.92. The maximum atomic E-state index is 12.2. The van der Waals surface area contributed by atoms with E-state index in [1.165, 1.54) is 0 Å². The fraction of sp³-hybridized carbons (Fsp3) is 0.320. The third kappa shape index (κ3) is 4.03. The maximum absolute atomic E-state index is 12.2. The van der Waals surface area contributed by atoms with Gasteiger partial charge >= 0.3 is 0 Å². The van der Waals surface area contributed by atoms with Gasteiger partial charge in [0, 0.05) is 36.1 Å². The monoisotopic (exact) mass is 435 g/mol. The third-order valence-electron chi connectivity index (χ3n) is 5.86. The van der Waals surface area contributed by atoms with Crippen molar-refractivity contribution in [2.24, 2.45) is 5.73 Å². The van der Waals surface area contributed by atoms with Gasteiger partial charge in [-0.1, -0.05) is 13.8 Å². The Morgan fingerprint density at radius 3 is 2.31 bits per heavy atom. The topological polar surface area (TPSA) is 90.0 Å². The number of rotatable bonds is 6. The van der Waals surface area contributed by atoms with Gasteiger partial charge in [0.15, 0.2) is 0 Å². The van der Waals surface area contributed by atoms with Gasteiger partial charge in [-0.15, -0.1) is 0 Å². The van der Waals surface area contributed by atoms with Crippen LogP contribution in [0.3, 0.4) is 0 Å². The number of phenols is 1. The number of hydrogen-bond donors (Lipinski definition) is 2. The van der Waals surface area contributed by atoms with Crippen LogP contribution in [0, 0.1) is 0 Å². The molecule has 32 heavy (non-hydrogen) atoms. The smallest absolute Gasteiger partial charge is 0.265 e. The van der Waals surface area contributed by atoms with Gasteiger partial charge in [0.05, 0.1) is 26.0 Å². The number of phenolic OH excluding ortho intramolecular Hbond substituents is 1. The minimum Gasteiger partial charge on any atom is -0.507 e. The molecule has 0 spiro atoms. The zero-order valence-electron chi connectivity index (χ0n) is 18.7. The largest absolute Gasteiger partial charge is 0.507 e. The number of nitrogens with zero attached hydrogens (tertiary/aromatic N) is 2. The molecule has 4 rings (SSSR count). The summed E-state index contributed by atoms with van der Waals surface area (Å²) >= 11 is 0. The second kappa shape index (κ2) is 8.96. The molecule has 1 aliphatic heterocycles. The molecule has 7 nitrogen and oxygen atoms in total. The highest BCUT2D eigenvalue weighted by Gasteiger charge is 2.21. The number of aromatic hydroxyl groups is 1. The second-order valence-electron chi connectivity index (χ2n) is 8.19. The van der Waals surface area contributed by atoms with E-state index in [2.05, 4.69) is 18.7 Å². The lowest BCUT2D eigenvalue weighted by molar-refractivity contribution is 0.0994. The Hall–Kier alpha value is -3.45. The quantitative estimate of drug-likeness (QED) is 0.613. The molecular weight excluding hydrogens is 406 g/mol. The number of primary amides is 1. The molecule has 2 aromatic carbocycles. The Kier molecular flexibility index (Phi) is 6.10. The van der Waals surface area contributed by atoms with Gasteiger partial charge < -0.3 is 29.8 Å². The number of amides is 1. The van der Waals surface area contributed by atoms with Gasteiger partial charge in [-0.3, -0.25) is 4.79 Å². The van der Waals surface area contributed by atoms with Gasteiger partial charge in [-0.2, -0.15) is 0 Å². The first kappa shape index (κ1) is 21.8. The van der Waals surface area contributed by atoms with E-state index >= 15 is 0 Å². The maximum Gasteiger partial charge on any atom is 0.265 e. The first-order valence-electron chi connectivity index (χ1n) is 10.8. The Morgan fingerprint density at radius 1 is 1.06 bits per heavy atom. The molecule has 1 fully saturated rings. The Labute approximate surface area is 188 Å². The summed E-state index contributed by atoms with van der Waals surface area (Å²) in [6.45, 7) is 7.25. The lowest BCUT2D eigenvalue weighted by Crippen LogP contribution is -2.36. The number of morpholine rings is 1. The van der Waals surface area contributed by atoms with E-state index in [-0.39, 0.29) is 11.7 Å². The van der Waals surface area contributed by atoms with E-state index in [4.69, 9.17) is 15.2 Å². The third-order valence-corrected chi connectivity index (χ3v) is 5.86. The molecule has 1 aliphatic rings. The van der Waals surface area contributed by atoms with Crippen LogP contribution in [-0.4, -0.2) is 49.0 Å². The molecule has 7 heteroatoms. The van der Waals surface area contributed by atoms with E-state index in [1.807, 2.05) is 36.4 Å². The highest BCUT2D eigenvalue weighted by molar-refractivity contribution is 5.94. The van der Waals surface area contributed by atoms with Crippen molar-refractivity contribution in [3.63, 3.8) is 0 Å². The Balaban J connectivity index is 1.82. The predicted molar refractivity (Wildman–Crippen MR) is 125 cm³/mol. The number of methoxy groups -OCH3 is 1. The summed E-state index contributed by atoms with van der Waals surface area (Å²) in [6.07, 6.45) is 0. The summed E-state index contributed by atoms with van der Waals surface area (Å²) in [5.41, 5.74) is 10.2. The molecule has 3 aromatic rings. The van der Waals surface area contributed by atoms with Crippen molar-refractivity contribution < 1.29 is 19.4 Å². The van der Waals surface area contributed by atoms with Crippen molar-refractivity contribution in [1.82, 2.24) is 4.57 Å². The number of anilines is 1. The summed E-state index contributed by atoms with van der Waals surface area (Å²) in [5, 5.41) is 10.8. The molecule has 0 radical (unpaired) electrons. The molecule has 0 bridgehead atoms. The van der Waals surface area contributed by atoms with Crippen LogP contribution < -0.4 is 15.4 Å². The summed E-state index contributed by atoms with van der Waals surface area (Å²) < 4.78 is 12.7. The summed E-state index contributed by atoms with van der Waals surface area (Å²) in [6, 6.07) is 15.0. The lowest BCUT2D eigenvalue weighted by Gasteiger charge is -2.29. The van der Waals surface area contributed by atoms with Gasteiger partial charge in [0.25, 0.3) is 5.91 Å². The minimum atomic E-state index is -0.536. The van der Waals surface area contributed by atoms with Crippen molar-refractivity contribution in [1.29, 1.82) is 0 Å². The van der Waals surface area contributed by atoms with Crippen LogP contribution in [-0.2, 0) is 4.74 Å². The van der Waals surface area contributed by atoms with Crippen molar-refractivity contribution in [2.75, 3.05) is 38.3 Å². The molecule has 3 N–H and O–H groups in total. The zero-order chi connectivity index (χ0) is 22.8. The number of carbonyl (C=O) groups is 1. The van der Waals surface area contributed by atoms with Crippen LogP contribution in [0.2, 0.25) is 0 Å². The second-order valence-corrected chi connectivity index (χ2v) is 8.19. The Morgan fingerprint density at radius 2 is 1.72 bits per heavy atom. The molecule has 2 heterocycles. The van der Waals surface area contributed by atoms with Crippen LogP contribution in [0.5, 0.6) is 11.5 Å². The number of nitrogens with two attached hydrogens (primary N) is 1. The molecule has 0 saturated carbocycles. The van der Waals surface area contributed by atoms with Gasteiger partial charge in [-0.05, 0) is 53.9 Å². The summed E-state index contributed by atoms with van der Waals surface area (Å²) in [5.74, 6) is 0.359. The van der Waals surface area contributed by atoms with E-state index in [0.717, 1.165) is 30.0 Å². The molecule has 1 amide bonds. The van der Waals surface area contributed by atoms with Crippen LogP contribution in [0.15, 0.2) is 48.5 Å². The molecule has 168 valence electrons.